The molecule has 0 saturated carbocycles. The third kappa shape index (κ3) is 5.43. The summed E-state index contributed by atoms with van der Waals surface area (Å²) in [5.74, 6) is 0.263. The minimum Gasteiger partial charge on any atom is -0.495 e. The van der Waals surface area contributed by atoms with Crippen molar-refractivity contribution in [1.82, 2.24) is 5.43 Å². The minimum absolute atomic E-state index is 0.00255. The van der Waals surface area contributed by atoms with Crippen LogP contribution >= 0.6 is 0 Å². The number of carbonyl (C=O) groups is 1. The molecule has 9 heteroatoms. The van der Waals surface area contributed by atoms with E-state index in [0.717, 1.165) is 0 Å². The summed E-state index contributed by atoms with van der Waals surface area (Å²) < 4.78 is 5.19. The van der Waals surface area contributed by atoms with Crippen molar-refractivity contribution in [2.45, 2.75) is 0 Å². The Labute approximate surface area is 156 Å². The highest BCUT2D eigenvalue weighted by molar-refractivity contribution is 5.86. The van der Waals surface area contributed by atoms with Gasteiger partial charge in [0.25, 0.3) is 11.6 Å². The van der Waals surface area contributed by atoms with E-state index in [1.165, 1.54) is 12.3 Å². The molecule has 9 nitrogen and oxygen atoms in total. The van der Waals surface area contributed by atoms with Crippen molar-refractivity contribution in [2.24, 2.45) is 5.10 Å². The van der Waals surface area contributed by atoms with Gasteiger partial charge in [0, 0.05) is 25.7 Å². The number of amides is 1. The quantitative estimate of drug-likeness (QED) is 0.418. The van der Waals surface area contributed by atoms with Crippen molar-refractivity contribution >= 4 is 29.2 Å². The summed E-state index contributed by atoms with van der Waals surface area (Å²) in [6.07, 6.45) is 1.35. The maximum atomic E-state index is 11.9. The van der Waals surface area contributed by atoms with Crippen LogP contribution in [0.15, 0.2) is 47.6 Å². The highest BCUT2D eigenvalue weighted by Crippen LogP contribution is 2.27. The summed E-state index contributed by atoms with van der Waals surface area (Å²) in [5.41, 5.74) is 4.02. The molecule has 0 radical (unpaired) electrons. The van der Waals surface area contributed by atoms with Gasteiger partial charge in [-0.1, -0.05) is 18.2 Å². The van der Waals surface area contributed by atoms with Gasteiger partial charge in [0.15, 0.2) is 0 Å². The molecule has 0 atom stereocenters. The van der Waals surface area contributed by atoms with Crippen molar-refractivity contribution in [2.75, 3.05) is 38.0 Å². The van der Waals surface area contributed by atoms with Crippen LogP contribution in [-0.2, 0) is 4.79 Å². The summed E-state index contributed by atoms with van der Waals surface area (Å²) in [6, 6.07) is 11.9. The Balaban J connectivity index is 1.95. The van der Waals surface area contributed by atoms with Crippen molar-refractivity contribution < 1.29 is 14.5 Å². The van der Waals surface area contributed by atoms with E-state index in [1.54, 1.807) is 50.4 Å². The first-order valence-electron chi connectivity index (χ1n) is 8.07. The summed E-state index contributed by atoms with van der Waals surface area (Å²) >= 11 is 0. The SMILES string of the molecule is COc1ccccc1NCC(=O)N/N=C\c1ccc(N(C)C)c([N+](=O)[O-])c1. The van der Waals surface area contributed by atoms with Crippen LogP contribution < -0.4 is 20.4 Å². The molecule has 0 heterocycles. The van der Waals surface area contributed by atoms with Gasteiger partial charge in [0.05, 0.1) is 30.5 Å². The number of para-hydroxylation sites is 2. The molecule has 0 saturated heterocycles. The Morgan fingerprint density at radius 1 is 1.30 bits per heavy atom. The highest BCUT2D eigenvalue weighted by atomic mass is 16.6. The number of ether oxygens (including phenoxy) is 1. The number of rotatable bonds is 8. The second-order valence-corrected chi connectivity index (χ2v) is 5.75. The fraction of sp³-hybridized carbons (Fsp3) is 0.222. The van der Waals surface area contributed by atoms with Crippen molar-refractivity contribution in [3.05, 3.63) is 58.1 Å². The Morgan fingerprint density at radius 3 is 2.70 bits per heavy atom. The van der Waals surface area contributed by atoms with Gasteiger partial charge in [-0.25, -0.2) is 5.43 Å². The smallest absolute Gasteiger partial charge is 0.293 e. The van der Waals surface area contributed by atoms with E-state index in [-0.39, 0.29) is 18.1 Å². The Bertz CT molecular complexity index is 851. The van der Waals surface area contributed by atoms with Gasteiger partial charge in [0.2, 0.25) is 0 Å². The zero-order valence-corrected chi connectivity index (χ0v) is 15.3. The maximum Gasteiger partial charge on any atom is 0.293 e. The molecular weight excluding hydrogens is 350 g/mol. The number of nitro groups is 1. The van der Waals surface area contributed by atoms with Crippen LogP contribution in [0.25, 0.3) is 0 Å². The van der Waals surface area contributed by atoms with Crippen molar-refractivity contribution in [1.29, 1.82) is 0 Å². The number of benzene rings is 2. The van der Waals surface area contributed by atoms with E-state index in [2.05, 4.69) is 15.8 Å². The molecule has 2 aromatic rings. The van der Waals surface area contributed by atoms with E-state index in [1.807, 2.05) is 12.1 Å². The number of nitro benzene ring substituents is 1. The number of nitrogens with zero attached hydrogens (tertiary/aromatic N) is 3. The van der Waals surface area contributed by atoms with Crippen LogP contribution in [0.4, 0.5) is 17.1 Å². The van der Waals surface area contributed by atoms with Gasteiger partial charge >= 0.3 is 0 Å². The van der Waals surface area contributed by atoms with E-state index in [0.29, 0.717) is 22.7 Å². The zero-order chi connectivity index (χ0) is 19.8. The van der Waals surface area contributed by atoms with Crippen LogP contribution in [0.2, 0.25) is 0 Å². The molecule has 0 aromatic heterocycles. The molecule has 0 spiro atoms. The molecule has 27 heavy (non-hydrogen) atoms. The molecule has 1 amide bonds. The lowest BCUT2D eigenvalue weighted by Crippen LogP contribution is -2.26. The average molecular weight is 371 g/mol. The molecular formula is C18H21N5O4. The summed E-state index contributed by atoms with van der Waals surface area (Å²) in [5, 5.41) is 18.0. The van der Waals surface area contributed by atoms with Gasteiger partial charge in [-0.2, -0.15) is 5.10 Å². The lowest BCUT2D eigenvalue weighted by atomic mass is 10.2. The predicted molar refractivity (Wildman–Crippen MR) is 105 cm³/mol. The molecule has 0 fully saturated rings. The lowest BCUT2D eigenvalue weighted by Gasteiger charge is -2.12. The number of anilines is 2. The van der Waals surface area contributed by atoms with Crippen molar-refractivity contribution in [3.63, 3.8) is 0 Å². The molecule has 0 bridgehead atoms. The van der Waals surface area contributed by atoms with Gasteiger partial charge in [-0.3, -0.25) is 14.9 Å². The third-order valence-electron chi connectivity index (χ3n) is 3.63. The Hall–Kier alpha value is -3.62. The fourth-order valence-corrected chi connectivity index (χ4v) is 2.33. The molecule has 2 aromatic carbocycles. The first kappa shape index (κ1) is 19.7. The van der Waals surface area contributed by atoms with E-state index >= 15 is 0 Å². The van der Waals surface area contributed by atoms with E-state index in [4.69, 9.17) is 4.74 Å². The van der Waals surface area contributed by atoms with Crippen LogP contribution in [0.5, 0.6) is 5.75 Å². The number of nitrogens with one attached hydrogen (secondary N) is 2. The van der Waals surface area contributed by atoms with E-state index < -0.39 is 4.92 Å². The first-order valence-corrected chi connectivity index (χ1v) is 8.07. The predicted octanol–water partition coefficient (Wildman–Crippen LogP) is 2.23. The standard InChI is InChI=1S/C18H21N5O4/c1-22(2)15-9-8-13(10-16(15)23(25)26)11-20-21-18(24)12-19-14-6-4-5-7-17(14)27-3/h4-11,19H,12H2,1-3H3,(H,21,24)/b20-11-. The topological polar surface area (TPSA) is 109 Å². The Morgan fingerprint density at radius 2 is 2.04 bits per heavy atom. The molecule has 0 aliphatic carbocycles. The van der Waals surface area contributed by atoms with Crippen LogP contribution in [0.3, 0.4) is 0 Å². The second kappa shape index (κ2) is 9.18. The van der Waals surface area contributed by atoms with E-state index in [9.17, 15) is 14.9 Å². The van der Waals surface area contributed by atoms with Gasteiger partial charge in [-0.15, -0.1) is 0 Å². The molecule has 0 aliphatic heterocycles. The van der Waals surface area contributed by atoms with Gasteiger partial charge in [0.1, 0.15) is 11.4 Å². The monoisotopic (exact) mass is 371 g/mol. The molecule has 0 unspecified atom stereocenters. The maximum absolute atomic E-state index is 11.9. The van der Waals surface area contributed by atoms with Gasteiger partial charge in [-0.05, 0) is 18.2 Å². The summed E-state index contributed by atoms with van der Waals surface area (Å²) in [6.45, 7) is -0.00255. The van der Waals surface area contributed by atoms with Crippen LogP contribution in [-0.4, -0.2) is 44.8 Å². The third-order valence-corrected chi connectivity index (χ3v) is 3.63. The number of hydrazone groups is 1. The Kier molecular flexibility index (Phi) is 6.70. The number of methoxy groups -OCH3 is 1. The number of hydrogen-bond acceptors (Lipinski definition) is 7. The van der Waals surface area contributed by atoms with Crippen molar-refractivity contribution in [3.8, 4) is 5.75 Å². The zero-order valence-electron chi connectivity index (χ0n) is 15.3. The molecule has 2 rings (SSSR count). The highest BCUT2D eigenvalue weighted by Gasteiger charge is 2.15. The molecule has 0 aliphatic rings. The molecule has 142 valence electrons. The summed E-state index contributed by atoms with van der Waals surface area (Å²) in [7, 11) is 5.00. The van der Waals surface area contributed by atoms with Crippen LogP contribution in [0.1, 0.15) is 5.56 Å². The normalized spacial score (nSPS) is 10.5. The fourth-order valence-electron chi connectivity index (χ4n) is 2.33. The van der Waals surface area contributed by atoms with Crippen LogP contribution in [0, 0.1) is 10.1 Å². The minimum atomic E-state index is -0.456. The number of carbonyl (C=O) groups excluding carboxylic acids is 1. The lowest BCUT2D eigenvalue weighted by molar-refractivity contribution is -0.384. The second-order valence-electron chi connectivity index (χ2n) is 5.75. The summed E-state index contributed by atoms with van der Waals surface area (Å²) in [4.78, 5) is 24.3. The molecule has 2 N–H and O–H groups in total. The van der Waals surface area contributed by atoms with Gasteiger partial charge < -0.3 is 15.0 Å². The average Bonchev–Trinajstić information content (AvgIpc) is 2.66. The largest absolute Gasteiger partial charge is 0.495 e. The first-order chi connectivity index (χ1) is 12.9. The number of hydrogen-bond donors (Lipinski definition) is 2.